The second kappa shape index (κ2) is 8.13. The fourth-order valence-corrected chi connectivity index (χ4v) is 2.89. The van der Waals surface area contributed by atoms with E-state index in [4.69, 9.17) is 4.74 Å². The molecule has 0 unspecified atom stereocenters. The Hall–Kier alpha value is -1.62. The normalized spacial score (nSPS) is 16.0. The third-order valence-corrected chi connectivity index (χ3v) is 4.46. The summed E-state index contributed by atoms with van der Waals surface area (Å²) in [7, 11) is 0. The van der Waals surface area contributed by atoms with Crippen molar-refractivity contribution in [2.75, 3.05) is 19.7 Å². The van der Waals surface area contributed by atoms with Gasteiger partial charge in [-0.3, -0.25) is 9.59 Å². The zero-order valence-electron chi connectivity index (χ0n) is 12.6. The minimum absolute atomic E-state index is 0.0157. The number of rotatable bonds is 4. The highest BCUT2D eigenvalue weighted by Gasteiger charge is 2.27. The number of piperidine rings is 1. The van der Waals surface area contributed by atoms with Crippen molar-refractivity contribution in [3.8, 4) is 0 Å². The number of hydrogen-bond acceptors (Lipinski definition) is 3. The summed E-state index contributed by atoms with van der Waals surface area (Å²) in [5.41, 5.74) is 0.970. The van der Waals surface area contributed by atoms with Crippen LogP contribution in [0.3, 0.4) is 0 Å². The van der Waals surface area contributed by atoms with Crippen LogP contribution in [0.4, 0.5) is 0 Å². The average molecular weight is 366 g/mol. The van der Waals surface area contributed by atoms with E-state index in [2.05, 4.69) is 15.9 Å². The van der Waals surface area contributed by atoms with Gasteiger partial charge in [0.2, 0.25) is 5.91 Å². The summed E-state index contributed by atoms with van der Waals surface area (Å²) in [6.45, 7) is 3.42. The van der Waals surface area contributed by atoms with Crippen LogP contribution in [0.15, 0.2) is 34.8 Å². The minimum Gasteiger partial charge on any atom is -0.466 e. The molecule has 1 fully saturated rings. The largest absolute Gasteiger partial charge is 0.466 e. The Bertz CT molecular complexity index is 563. The van der Waals surface area contributed by atoms with Crippen molar-refractivity contribution in [2.45, 2.75) is 19.8 Å². The van der Waals surface area contributed by atoms with Gasteiger partial charge in [-0.25, -0.2) is 0 Å². The number of esters is 1. The van der Waals surface area contributed by atoms with Crippen LogP contribution in [0.5, 0.6) is 0 Å². The molecule has 0 spiro atoms. The van der Waals surface area contributed by atoms with Gasteiger partial charge in [0, 0.05) is 23.6 Å². The second-order valence-corrected chi connectivity index (χ2v) is 6.06. The molecule has 0 aliphatic carbocycles. The van der Waals surface area contributed by atoms with E-state index in [0.717, 1.165) is 10.0 Å². The summed E-state index contributed by atoms with van der Waals surface area (Å²) in [5.74, 6) is -0.229. The van der Waals surface area contributed by atoms with Gasteiger partial charge in [-0.2, -0.15) is 0 Å². The topological polar surface area (TPSA) is 46.6 Å². The molecular weight excluding hydrogens is 346 g/mol. The molecule has 22 heavy (non-hydrogen) atoms. The van der Waals surface area contributed by atoms with Crippen LogP contribution in [-0.2, 0) is 14.3 Å². The highest BCUT2D eigenvalue weighted by molar-refractivity contribution is 9.10. The maximum Gasteiger partial charge on any atom is 0.309 e. The van der Waals surface area contributed by atoms with Gasteiger partial charge in [0.25, 0.3) is 0 Å². The van der Waals surface area contributed by atoms with E-state index in [9.17, 15) is 9.59 Å². The molecule has 118 valence electrons. The Morgan fingerprint density at radius 1 is 1.32 bits per heavy atom. The first kappa shape index (κ1) is 16.7. The number of benzene rings is 1. The third-order valence-electron chi connectivity index (χ3n) is 3.74. The molecule has 0 bridgehead atoms. The highest BCUT2D eigenvalue weighted by atomic mass is 79.9. The molecule has 0 atom stereocenters. The number of halogens is 1. The Kier molecular flexibility index (Phi) is 6.19. The van der Waals surface area contributed by atoms with E-state index < -0.39 is 0 Å². The van der Waals surface area contributed by atoms with Gasteiger partial charge in [0.1, 0.15) is 0 Å². The lowest BCUT2D eigenvalue weighted by molar-refractivity contribution is -0.150. The van der Waals surface area contributed by atoms with Gasteiger partial charge < -0.3 is 9.64 Å². The maximum atomic E-state index is 12.2. The van der Waals surface area contributed by atoms with Gasteiger partial charge in [-0.15, -0.1) is 0 Å². The SMILES string of the molecule is CCOC(=O)C1CCN(C(=O)/C=C/c2ccccc2Br)CC1. The molecule has 4 nitrogen and oxygen atoms in total. The third kappa shape index (κ3) is 4.44. The van der Waals surface area contributed by atoms with E-state index >= 15 is 0 Å². The van der Waals surface area contributed by atoms with Crippen LogP contribution < -0.4 is 0 Å². The molecular formula is C17H20BrNO3. The Balaban J connectivity index is 1.88. The first-order chi connectivity index (χ1) is 10.6. The Morgan fingerprint density at radius 3 is 2.64 bits per heavy atom. The van der Waals surface area contributed by atoms with Gasteiger partial charge in [0.15, 0.2) is 0 Å². The van der Waals surface area contributed by atoms with E-state index in [0.29, 0.717) is 32.5 Å². The van der Waals surface area contributed by atoms with Gasteiger partial charge >= 0.3 is 5.97 Å². The zero-order valence-corrected chi connectivity index (χ0v) is 14.2. The predicted molar refractivity (Wildman–Crippen MR) is 89.1 cm³/mol. The molecule has 1 aromatic carbocycles. The van der Waals surface area contributed by atoms with Crippen LogP contribution in [0.2, 0.25) is 0 Å². The molecule has 5 heteroatoms. The van der Waals surface area contributed by atoms with E-state index in [1.165, 1.54) is 0 Å². The minimum atomic E-state index is -0.140. The number of amides is 1. The van der Waals surface area contributed by atoms with Crippen molar-refractivity contribution < 1.29 is 14.3 Å². The quantitative estimate of drug-likeness (QED) is 0.607. The molecule has 1 amide bonds. The number of hydrogen-bond donors (Lipinski definition) is 0. The monoisotopic (exact) mass is 365 g/mol. The van der Waals surface area contributed by atoms with Crippen molar-refractivity contribution in [1.82, 2.24) is 4.90 Å². The lowest BCUT2D eigenvalue weighted by Gasteiger charge is -2.30. The van der Waals surface area contributed by atoms with E-state index in [-0.39, 0.29) is 17.8 Å². The molecule has 0 aromatic heterocycles. The van der Waals surface area contributed by atoms with E-state index in [1.54, 1.807) is 11.0 Å². The highest BCUT2D eigenvalue weighted by Crippen LogP contribution is 2.20. The molecule has 1 aromatic rings. The lowest BCUT2D eigenvalue weighted by Crippen LogP contribution is -2.39. The summed E-state index contributed by atoms with van der Waals surface area (Å²) in [5, 5.41) is 0. The second-order valence-electron chi connectivity index (χ2n) is 5.21. The van der Waals surface area contributed by atoms with Crippen LogP contribution in [0, 0.1) is 5.92 Å². The van der Waals surface area contributed by atoms with Gasteiger partial charge in [-0.1, -0.05) is 34.1 Å². The fraction of sp³-hybridized carbons (Fsp3) is 0.412. The number of carbonyl (C=O) groups is 2. The zero-order chi connectivity index (χ0) is 15.9. The first-order valence-electron chi connectivity index (χ1n) is 7.50. The smallest absolute Gasteiger partial charge is 0.309 e. The Labute approximate surface area is 139 Å². The van der Waals surface area contributed by atoms with Crippen molar-refractivity contribution in [1.29, 1.82) is 0 Å². The molecule has 2 rings (SSSR count). The number of ether oxygens (including phenoxy) is 1. The predicted octanol–water partition coefficient (Wildman–Crippen LogP) is 3.26. The van der Waals surface area contributed by atoms with Crippen molar-refractivity contribution >= 4 is 33.9 Å². The molecule has 0 radical (unpaired) electrons. The van der Waals surface area contributed by atoms with Crippen molar-refractivity contribution in [2.24, 2.45) is 5.92 Å². The lowest BCUT2D eigenvalue weighted by atomic mass is 9.97. The van der Waals surface area contributed by atoms with E-state index in [1.807, 2.05) is 37.3 Å². The number of carbonyl (C=O) groups excluding carboxylic acids is 2. The maximum absolute atomic E-state index is 12.2. The summed E-state index contributed by atoms with van der Waals surface area (Å²) in [4.78, 5) is 25.7. The molecule has 0 saturated carbocycles. The van der Waals surface area contributed by atoms with Gasteiger partial charge in [-0.05, 0) is 37.5 Å². The van der Waals surface area contributed by atoms with Crippen molar-refractivity contribution in [3.63, 3.8) is 0 Å². The fourth-order valence-electron chi connectivity index (χ4n) is 2.47. The summed E-state index contributed by atoms with van der Waals surface area (Å²) in [6, 6.07) is 7.75. The summed E-state index contributed by atoms with van der Waals surface area (Å²) < 4.78 is 5.99. The van der Waals surface area contributed by atoms with Crippen molar-refractivity contribution in [3.05, 3.63) is 40.4 Å². The average Bonchev–Trinajstić information content (AvgIpc) is 2.54. The summed E-state index contributed by atoms with van der Waals surface area (Å²) >= 11 is 3.45. The molecule has 1 saturated heterocycles. The standard InChI is InChI=1S/C17H20BrNO3/c1-2-22-17(21)14-9-11-19(12-10-14)16(20)8-7-13-5-3-4-6-15(13)18/h3-8,14H,2,9-12H2,1H3/b8-7+. The van der Waals surface area contributed by atoms with Crippen LogP contribution in [0.25, 0.3) is 6.08 Å². The number of nitrogens with zero attached hydrogens (tertiary/aromatic N) is 1. The molecule has 1 heterocycles. The summed E-state index contributed by atoms with van der Waals surface area (Å²) in [6.07, 6.45) is 4.75. The molecule has 0 N–H and O–H groups in total. The van der Waals surface area contributed by atoms with Gasteiger partial charge in [0.05, 0.1) is 12.5 Å². The van der Waals surface area contributed by atoms with Crippen LogP contribution >= 0.6 is 15.9 Å². The van der Waals surface area contributed by atoms with Crippen LogP contribution in [0.1, 0.15) is 25.3 Å². The molecule has 1 aliphatic heterocycles. The van der Waals surface area contributed by atoms with Crippen LogP contribution in [-0.4, -0.2) is 36.5 Å². The molecule has 1 aliphatic rings. The first-order valence-corrected chi connectivity index (χ1v) is 8.29. The number of likely N-dealkylation sites (tertiary alicyclic amines) is 1. The Morgan fingerprint density at radius 2 is 2.00 bits per heavy atom.